The van der Waals surface area contributed by atoms with E-state index in [9.17, 15) is 23.5 Å². The van der Waals surface area contributed by atoms with Crippen LogP contribution in [0.2, 0.25) is 0 Å². The van der Waals surface area contributed by atoms with Gasteiger partial charge in [0.2, 0.25) is 5.91 Å². The van der Waals surface area contributed by atoms with Gasteiger partial charge in [-0.3, -0.25) is 4.79 Å². The summed E-state index contributed by atoms with van der Waals surface area (Å²) in [5, 5.41) is 12.2. The Morgan fingerprint density at radius 3 is 2.70 bits per heavy atom. The van der Waals surface area contributed by atoms with E-state index < -0.39 is 17.7 Å². The molecule has 33 heavy (non-hydrogen) atoms. The molecule has 2 aromatic carbocycles. The Morgan fingerprint density at radius 2 is 2.00 bits per heavy atom. The van der Waals surface area contributed by atoms with Gasteiger partial charge in [0.05, 0.1) is 24.4 Å². The quantitative estimate of drug-likeness (QED) is 0.693. The minimum Gasteiger partial charge on any atom is -0.394 e. The second-order valence-electron chi connectivity index (χ2n) is 7.94. The molecule has 0 aliphatic carbocycles. The van der Waals surface area contributed by atoms with Crippen LogP contribution in [0.3, 0.4) is 0 Å². The van der Waals surface area contributed by atoms with Gasteiger partial charge >= 0.3 is 6.03 Å². The normalized spacial score (nSPS) is 21.6. The van der Waals surface area contributed by atoms with E-state index in [1.54, 1.807) is 12.0 Å². The average molecular weight is 455 g/mol. The fourth-order valence-corrected chi connectivity index (χ4v) is 4.44. The lowest BCUT2D eigenvalue weighted by Gasteiger charge is -2.58. The predicted molar refractivity (Wildman–Crippen MR) is 116 cm³/mol. The van der Waals surface area contributed by atoms with Crippen LogP contribution in [0.1, 0.15) is 17.0 Å². The first kappa shape index (κ1) is 22.7. The number of carbonyl (C=O) groups excluding carboxylic acids is 2. The molecular weight excluding hydrogens is 432 g/mol. The smallest absolute Gasteiger partial charge is 0.322 e. The van der Waals surface area contributed by atoms with Crippen molar-refractivity contribution in [2.45, 2.75) is 18.0 Å². The number of anilines is 1. The molecule has 0 aromatic heterocycles. The molecule has 3 amide bonds. The summed E-state index contributed by atoms with van der Waals surface area (Å²) in [6, 6.07) is 8.85. The van der Waals surface area contributed by atoms with E-state index >= 15 is 0 Å². The monoisotopic (exact) mass is 455 g/mol. The summed E-state index contributed by atoms with van der Waals surface area (Å²) in [5.41, 5.74) is 1.43. The minimum atomic E-state index is -0.773. The van der Waals surface area contributed by atoms with Gasteiger partial charge in [0.25, 0.3) is 0 Å². The van der Waals surface area contributed by atoms with E-state index in [2.05, 4.69) is 17.2 Å². The maximum atomic E-state index is 13.9. The number of fused-ring (bicyclic) bond motifs is 1. The number of aliphatic hydroxyl groups excluding tert-OH is 1. The molecule has 0 saturated carbocycles. The second-order valence-corrected chi connectivity index (χ2v) is 7.94. The average Bonchev–Trinajstić information content (AvgIpc) is 2.78. The molecule has 0 radical (unpaired) electrons. The molecule has 2 aromatic rings. The number of benzene rings is 2. The number of urea groups is 1. The molecule has 0 bridgehead atoms. The minimum absolute atomic E-state index is 0.179. The van der Waals surface area contributed by atoms with Crippen molar-refractivity contribution >= 4 is 17.6 Å². The number of methoxy groups -OCH3 is 1. The van der Waals surface area contributed by atoms with E-state index in [0.717, 1.165) is 29.3 Å². The lowest BCUT2D eigenvalue weighted by atomic mass is 9.73. The third-order valence-corrected chi connectivity index (χ3v) is 5.95. The van der Waals surface area contributed by atoms with Crippen LogP contribution < -0.4 is 5.32 Å². The standard InChI is InChI=1S/C24H23F2N3O4/c1-33-10-2-3-15-4-6-16(7-5-15)23-20-12-28(13-22(31)29(20)21(23)14-30)24(32)27-19-11-17(25)8-9-18(19)26/h4-9,11,20-21,23,30H,10,12-14H2,1H3,(H,27,32)/t20-,21-,23-/m1/s1. The van der Waals surface area contributed by atoms with Crippen LogP contribution in [0.15, 0.2) is 42.5 Å². The van der Waals surface area contributed by atoms with Crippen LogP contribution in [0.25, 0.3) is 0 Å². The number of halogens is 2. The Balaban J connectivity index is 1.50. The Hall–Kier alpha value is -3.48. The molecule has 0 unspecified atom stereocenters. The number of ether oxygens (including phenoxy) is 1. The van der Waals surface area contributed by atoms with Gasteiger partial charge in [-0.05, 0) is 29.8 Å². The van der Waals surface area contributed by atoms with E-state index in [1.807, 2.05) is 24.3 Å². The van der Waals surface area contributed by atoms with E-state index in [0.29, 0.717) is 6.61 Å². The number of piperazine rings is 1. The summed E-state index contributed by atoms with van der Waals surface area (Å²) in [5.74, 6) is 3.91. The molecule has 4 rings (SSSR count). The number of rotatable bonds is 4. The summed E-state index contributed by atoms with van der Waals surface area (Å²) in [4.78, 5) is 28.3. The second kappa shape index (κ2) is 9.57. The summed E-state index contributed by atoms with van der Waals surface area (Å²) < 4.78 is 32.3. The molecule has 172 valence electrons. The number of amides is 3. The number of hydrogen-bond donors (Lipinski definition) is 2. The van der Waals surface area contributed by atoms with Crippen molar-refractivity contribution in [2.75, 3.05) is 38.7 Å². The molecule has 3 atom stereocenters. The summed E-state index contributed by atoms with van der Waals surface area (Å²) in [6.45, 7) is 0.109. The Bertz CT molecular complexity index is 1110. The molecule has 2 heterocycles. The zero-order chi connectivity index (χ0) is 23.5. The first-order chi connectivity index (χ1) is 15.9. The number of nitrogens with zero attached hydrogens (tertiary/aromatic N) is 2. The highest BCUT2D eigenvalue weighted by molar-refractivity contribution is 5.94. The van der Waals surface area contributed by atoms with E-state index in [-0.39, 0.29) is 49.3 Å². The van der Waals surface area contributed by atoms with Gasteiger partial charge in [-0.1, -0.05) is 24.0 Å². The number of hydrogen-bond acceptors (Lipinski definition) is 4. The number of aliphatic hydroxyl groups is 1. The van der Waals surface area contributed by atoms with Crippen molar-refractivity contribution in [3.8, 4) is 11.8 Å². The summed E-state index contributed by atoms with van der Waals surface area (Å²) >= 11 is 0. The van der Waals surface area contributed by atoms with Gasteiger partial charge in [0.1, 0.15) is 24.8 Å². The molecule has 2 saturated heterocycles. The first-order valence-electron chi connectivity index (χ1n) is 10.4. The molecule has 7 nitrogen and oxygen atoms in total. The highest BCUT2D eigenvalue weighted by Gasteiger charge is 2.54. The first-order valence-corrected chi connectivity index (χ1v) is 10.4. The largest absolute Gasteiger partial charge is 0.394 e. The van der Waals surface area contributed by atoms with Crippen molar-refractivity contribution < 1.29 is 28.2 Å². The van der Waals surface area contributed by atoms with Crippen molar-refractivity contribution in [3.63, 3.8) is 0 Å². The predicted octanol–water partition coefficient (Wildman–Crippen LogP) is 2.17. The molecule has 9 heteroatoms. The number of nitrogens with one attached hydrogen (secondary N) is 1. The van der Waals surface area contributed by atoms with Crippen LogP contribution in [0.5, 0.6) is 0 Å². The van der Waals surface area contributed by atoms with E-state index in [4.69, 9.17) is 4.74 Å². The van der Waals surface area contributed by atoms with Gasteiger partial charge in [-0.25, -0.2) is 13.6 Å². The summed E-state index contributed by atoms with van der Waals surface area (Å²) in [6.07, 6.45) is 0. The molecule has 2 aliphatic rings. The van der Waals surface area contributed by atoms with Crippen molar-refractivity contribution in [1.82, 2.24) is 9.80 Å². The Morgan fingerprint density at radius 1 is 1.24 bits per heavy atom. The lowest BCUT2D eigenvalue weighted by molar-refractivity contribution is -0.159. The van der Waals surface area contributed by atoms with Crippen molar-refractivity contribution in [2.24, 2.45) is 0 Å². The van der Waals surface area contributed by atoms with Gasteiger partial charge in [-0.2, -0.15) is 0 Å². The SMILES string of the molecule is COCC#Cc1ccc([C@H]2[C@@H](CO)N3C(=O)CN(C(=O)Nc4cc(F)ccc4F)C[C@H]23)cc1. The van der Waals surface area contributed by atoms with Gasteiger partial charge in [-0.15, -0.1) is 0 Å². The van der Waals surface area contributed by atoms with Crippen LogP contribution in [0, 0.1) is 23.5 Å². The Labute approximate surface area is 189 Å². The third kappa shape index (κ3) is 4.53. The van der Waals surface area contributed by atoms with Crippen LogP contribution in [0.4, 0.5) is 19.3 Å². The van der Waals surface area contributed by atoms with Gasteiger partial charge < -0.3 is 25.0 Å². The van der Waals surface area contributed by atoms with Crippen LogP contribution in [-0.4, -0.2) is 72.3 Å². The summed E-state index contributed by atoms with van der Waals surface area (Å²) in [7, 11) is 1.57. The lowest BCUT2D eigenvalue weighted by Crippen LogP contribution is -2.73. The molecule has 2 N–H and O–H groups in total. The van der Waals surface area contributed by atoms with E-state index in [1.165, 1.54) is 4.90 Å². The van der Waals surface area contributed by atoms with Gasteiger partial charge in [0.15, 0.2) is 0 Å². The molecule has 0 spiro atoms. The van der Waals surface area contributed by atoms with Gasteiger partial charge in [0, 0.05) is 31.2 Å². The number of carbonyl (C=O) groups is 2. The van der Waals surface area contributed by atoms with Crippen LogP contribution >= 0.6 is 0 Å². The molecule has 2 aliphatic heterocycles. The zero-order valence-corrected chi connectivity index (χ0v) is 17.9. The topological polar surface area (TPSA) is 82.1 Å². The van der Waals surface area contributed by atoms with Crippen LogP contribution in [-0.2, 0) is 9.53 Å². The van der Waals surface area contributed by atoms with Crippen molar-refractivity contribution in [3.05, 3.63) is 65.2 Å². The maximum absolute atomic E-state index is 13.9. The van der Waals surface area contributed by atoms with Crippen molar-refractivity contribution in [1.29, 1.82) is 0 Å². The fourth-order valence-electron chi connectivity index (χ4n) is 4.44. The highest BCUT2D eigenvalue weighted by atomic mass is 19.1. The third-order valence-electron chi connectivity index (χ3n) is 5.95. The maximum Gasteiger partial charge on any atom is 0.322 e. The fraction of sp³-hybridized carbons (Fsp3) is 0.333. The molecular formula is C24H23F2N3O4. The molecule has 2 fully saturated rings. The highest BCUT2D eigenvalue weighted by Crippen LogP contribution is 2.43. The zero-order valence-electron chi connectivity index (χ0n) is 17.9. The Kier molecular flexibility index (Phi) is 6.58.